The third-order valence-corrected chi connectivity index (χ3v) is 2.74. The van der Waals surface area contributed by atoms with Gasteiger partial charge in [-0.25, -0.2) is 4.79 Å². The number of benzene rings is 1. The normalized spacial score (nSPS) is 11.5. The number of carboxylic acid groups (broad SMARTS) is 1. The van der Waals surface area contributed by atoms with Gasteiger partial charge in [0.2, 0.25) is 5.91 Å². The Bertz CT molecular complexity index is 512. The van der Waals surface area contributed by atoms with Crippen LogP contribution in [-0.4, -0.2) is 35.9 Å². The molecule has 1 rings (SSSR count). The van der Waals surface area contributed by atoms with Gasteiger partial charge in [0.15, 0.2) is 5.78 Å². The third-order valence-electron chi connectivity index (χ3n) is 2.74. The summed E-state index contributed by atoms with van der Waals surface area (Å²) in [4.78, 5) is 34.3. The van der Waals surface area contributed by atoms with Crippen molar-refractivity contribution in [1.82, 2.24) is 5.32 Å². The van der Waals surface area contributed by atoms with Gasteiger partial charge in [0.05, 0.1) is 7.11 Å². The summed E-state index contributed by atoms with van der Waals surface area (Å²) in [6.45, 7) is 1.61. The molecule has 0 saturated carbocycles. The minimum Gasteiger partial charge on any atom is -0.497 e. The molecule has 6 heteroatoms. The second-order valence-corrected chi connectivity index (χ2v) is 4.17. The lowest BCUT2D eigenvalue weighted by Gasteiger charge is -2.13. The fourth-order valence-electron chi connectivity index (χ4n) is 1.60. The molecule has 0 aliphatic heterocycles. The van der Waals surface area contributed by atoms with Crippen molar-refractivity contribution >= 4 is 17.7 Å². The van der Waals surface area contributed by atoms with Crippen molar-refractivity contribution in [2.24, 2.45) is 0 Å². The van der Waals surface area contributed by atoms with Crippen molar-refractivity contribution in [2.75, 3.05) is 7.11 Å². The number of hydrogen-bond acceptors (Lipinski definition) is 4. The summed E-state index contributed by atoms with van der Waals surface area (Å²) in [7, 11) is 1.48. The maximum atomic E-state index is 12.0. The first-order valence-electron chi connectivity index (χ1n) is 6.17. The van der Waals surface area contributed by atoms with Crippen LogP contribution >= 0.6 is 0 Å². The van der Waals surface area contributed by atoms with Gasteiger partial charge >= 0.3 is 5.97 Å². The van der Waals surface area contributed by atoms with E-state index in [0.717, 1.165) is 0 Å². The van der Waals surface area contributed by atoms with Crippen LogP contribution in [0.3, 0.4) is 0 Å². The Balaban J connectivity index is 2.79. The molecular formula is C14H17NO5. The molecule has 0 radical (unpaired) electrons. The van der Waals surface area contributed by atoms with Crippen molar-refractivity contribution in [1.29, 1.82) is 0 Å². The summed E-state index contributed by atoms with van der Waals surface area (Å²) < 4.78 is 5.00. The van der Waals surface area contributed by atoms with Gasteiger partial charge < -0.3 is 15.2 Å². The lowest BCUT2D eigenvalue weighted by atomic mass is 10.0. The predicted molar refractivity (Wildman–Crippen MR) is 71.8 cm³/mol. The van der Waals surface area contributed by atoms with E-state index in [2.05, 4.69) is 5.32 Å². The zero-order chi connectivity index (χ0) is 15.1. The summed E-state index contributed by atoms with van der Waals surface area (Å²) >= 11 is 0. The highest BCUT2D eigenvalue weighted by Crippen LogP contribution is 2.14. The monoisotopic (exact) mass is 279 g/mol. The molecule has 0 fully saturated rings. The van der Waals surface area contributed by atoms with E-state index in [4.69, 9.17) is 9.84 Å². The van der Waals surface area contributed by atoms with Crippen LogP contribution in [0.25, 0.3) is 0 Å². The number of carbonyl (C=O) groups is 3. The van der Waals surface area contributed by atoms with Crippen LogP contribution in [0.4, 0.5) is 0 Å². The minimum atomic E-state index is -1.23. The van der Waals surface area contributed by atoms with Crippen molar-refractivity contribution in [3.63, 3.8) is 0 Å². The number of Topliss-reactive ketones (excluding diaryl/α,β-unsaturated/α-hetero) is 1. The Kier molecular flexibility index (Phi) is 5.71. The SMILES string of the molecule is CCC(=O)N[C@@H](CC(=O)c1cccc(OC)c1)C(=O)O. The van der Waals surface area contributed by atoms with Gasteiger partial charge in [-0.05, 0) is 12.1 Å². The van der Waals surface area contributed by atoms with Gasteiger partial charge in [-0.15, -0.1) is 0 Å². The van der Waals surface area contributed by atoms with Gasteiger partial charge in [-0.1, -0.05) is 19.1 Å². The van der Waals surface area contributed by atoms with Gasteiger partial charge in [-0.3, -0.25) is 9.59 Å². The topological polar surface area (TPSA) is 92.7 Å². The molecule has 0 aliphatic carbocycles. The number of rotatable bonds is 7. The molecule has 0 aliphatic rings. The number of hydrogen-bond donors (Lipinski definition) is 2. The van der Waals surface area contributed by atoms with Crippen molar-refractivity contribution in [3.05, 3.63) is 29.8 Å². The first-order chi connectivity index (χ1) is 9.47. The zero-order valence-corrected chi connectivity index (χ0v) is 11.4. The van der Waals surface area contributed by atoms with E-state index in [1.54, 1.807) is 25.1 Å². The summed E-state index contributed by atoms with van der Waals surface area (Å²) in [5, 5.41) is 11.3. The van der Waals surface area contributed by atoms with Gasteiger partial charge in [0.25, 0.3) is 0 Å². The van der Waals surface area contributed by atoms with E-state index >= 15 is 0 Å². The fourth-order valence-corrected chi connectivity index (χ4v) is 1.60. The van der Waals surface area contributed by atoms with Crippen molar-refractivity contribution in [3.8, 4) is 5.75 Å². The Labute approximate surface area is 116 Å². The molecule has 0 unspecified atom stereocenters. The largest absolute Gasteiger partial charge is 0.497 e. The number of carbonyl (C=O) groups excluding carboxylic acids is 2. The fraction of sp³-hybridized carbons (Fsp3) is 0.357. The van der Waals surface area contributed by atoms with E-state index in [1.165, 1.54) is 13.2 Å². The molecule has 20 heavy (non-hydrogen) atoms. The van der Waals surface area contributed by atoms with E-state index in [-0.39, 0.29) is 18.6 Å². The van der Waals surface area contributed by atoms with Crippen LogP contribution in [0.15, 0.2) is 24.3 Å². The lowest BCUT2D eigenvalue weighted by Crippen LogP contribution is -2.41. The average molecular weight is 279 g/mol. The molecule has 0 bridgehead atoms. The van der Waals surface area contributed by atoms with Gasteiger partial charge in [-0.2, -0.15) is 0 Å². The van der Waals surface area contributed by atoms with E-state index in [1.807, 2.05) is 0 Å². The molecule has 6 nitrogen and oxygen atoms in total. The average Bonchev–Trinajstić information content (AvgIpc) is 2.46. The van der Waals surface area contributed by atoms with E-state index < -0.39 is 17.9 Å². The molecule has 0 aromatic heterocycles. The number of ether oxygens (including phenoxy) is 1. The van der Waals surface area contributed by atoms with Crippen LogP contribution < -0.4 is 10.1 Å². The number of carboxylic acids is 1. The van der Waals surface area contributed by atoms with Crippen molar-refractivity contribution < 1.29 is 24.2 Å². The molecule has 108 valence electrons. The second-order valence-electron chi connectivity index (χ2n) is 4.17. The van der Waals surface area contributed by atoms with Gasteiger partial charge in [0, 0.05) is 18.4 Å². The molecule has 0 saturated heterocycles. The molecule has 1 aromatic carbocycles. The predicted octanol–water partition coefficient (Wildman–Crippen LogP) is 1.25. The minimum absolute atomic E-state index is 0.164. The Morgan fingerprint density at radius 3 is 2.60 bits per heavy atom. The third kappa shape index (κ3) is 4.38. The molecule has 1 atom stereocenters. The lowest BCUT2D eigenvalue weighted by molar-refractivity contribution is -0.141. The summed E-state index contributed by atoms with van der Waals surface area (Å²) in [5.41, 5.74) is 0.348. The highest BCUT2D eigenvalue weighted by atomic mass is 16.5. The molecule has 2 N–H and O–H groups in total. The summed E-state index contributed by atoms with van der Waals surface area (Å²) in [5.74, 6) is -1.49. The number of ketones is 1. The Morgan fingerprint density at radius 2 is 2.05 bits per heavy atom. The second kappa shape index (κ2) is 7.28. The zero-order valence-electron chi connectivity index (χ0n) is 11.4. The van der Waals surface area contributed by atoms with Crippen molar-refractivity contribution in [2.45, 2.75) is 25.8 Å². The van der Waals surface area contributed by atoms with Crippen LogP contribution in [0, 0.1) is 0 Å². The molecule has 0 heterocycles. The maximum absolute atomic E-state index is 12.0. The molecule has 0 spiro atoms. The van der Waals surface area contributed by atoms with Crippen LogP contribution in [0.1, 0.15) is 30.1 Å². The van der Waals surface area contributed by atoms with Crippen LogP contribution in [-0.2, 0) is 9.59 Å². The van der Waals surface area contributed by atoms with E-state index in [9.17, 15) is 14.4 Å². The van der Waals surface area contributed by atoms with Gasteiger partial charge in [0.1, 0.15) is 11.8 Å². The highest BCUT2D eigenvalue weighted by molar-refractivity contribution is 5.99. The first kappa shape index (κ1) is 15.7. The number of aliphatic carboxylic acids is 1. The van der Waals surface area contributed by atoms with Crippen LogP contribution in [0.2, 0.25) is 0 Å². The van der Waals surface area contributed by atoms with Crippen LogP contribution in [0.5, 0.6) is 5.75 Å². The molecular weight excluding hydrogens is 262 g/mol. The number of amides is 1. The Morgan fingerprint density at radius 1 is 1.35 bits per heavy atom. The summed E-state index contributed by atoms with van der Waals surface area (Å²) in [6.07, 6.45) is -0.134. The Hall–Kier alpha value is -2.37. The summed E-state index contributed by atoms with van der Waals surface area (Å²) in [6, 6.07) is 5.21. The first-order valence-corrected chi connectivity index (χ1v) is 6.17. The number of nitrogens with one attached hydrogen (secondary N) is 1. The maximum Gasteiger partial charge on any atom is 0.326 e. The molecule has 1 aromatic rings. The number of methoxy groups -OCH3 is 1. The quantitative estimate of drug-likeness (QED) is 0.733. The van der Waals surface area contributed by atoms with E-state index in [0.29, 0.717) is 11.3 Å². The highest BCUT2D eigenvalue weighted by Gasteiger charge is 2.23. The standard InChI is InChI=1S/C14H17NO5/c1-3-13(17)15-11(14(18)19)8-12(16)9-5-4-6-10(7-9)20-2/h4-7,11H,3,8H2,1-2H3,(H,15,17)(H,18,19)/t11-/m0/s1. The molecule has 1 amide bonds. The smallest absolute Gasteiger partial charge is 0.326 e.